The number of benzene rings is 1. The molecule has 0 aliphatic carbocycles. The average Bonchev–Trinajstić information content (AvgIpc) is 2.57. The monoisotopic (exact) mass is 278 g/mol. The first kappa shape index (κ1) is 15.0. The second kappa shape index (κ2) is 4.84. The Balaban J connectivity index is 2.23. The van der Waals surface area contributed by atoms with E-state index in [-0.39, 0.29) is 5.69 Å². The lowest BCUT2D eigenvalue weighted by Gasteiger charge is -2.32. The van der Waals surface area contributed by atoms with E-state index in [9.17, 15) is 10.1 Å². The van der Waals surface area contributed by atoms with Crippen molar-refractivity contribution in [1.82, 2.24) is 0 Å². The summed E-state index contributed by atoms with van der Waals surface area (Å²) in [5.41, 5.74) is 5.82. The Morgan fingerprint density at radius 3 is 2.30 bits per heavy atom. The molecule has 2 N–H and O–H groups in total. The number of rotatable bonds is 3. The molecule has 1 fully saturated rings. The number of nitro benzene ring substituents is 1. The highest BCUT2D eigenvalue weighted by atomic mass is 16.7. The molecule has 0 saturated carbocycles. The van der Waals surface area contributed by atoms with Crippen molar-refractivity contribution in [3.8, 4) is 0 Å². The molecule has 20 heavy (non-hydrogen) atoms. The lowest BCUT2D eigenvalue weighted by molar-refractivity contribution is -0.384. The SMILES string of the molecule is CC1(C)OB(C(N)c2cccc([N+](=O)[O-])c2)OC1(C)C. The van der Waals surface area contributed by atoms with Gasteiger partial charge in [0.05, 0.1) is 22.1 Å². The smallest absolute Gasteiger partial charge is 0.402 e. The van der Waals surface area contributed by atoms with Crippen LogP contribution in [0.4, 0.5) is 5.69 Å². The molecule has 1 atom stereocenters. The minimum absolute atomic E-state index is 0.00877. The number of non-ortho nitro benzene ring substituents is 1. The fraction of sp³-hybridized carbons (Fsp3) is 0.538. The van der Waals surface area contributed by atoms with Crippen LogP contribution in [0.15, 0.2) is 24.3 Å². The van der Waals surface area contributed by atoms with E-state index in [0.29, 0.717) is 5.56 Å². The normalized spacial score (nSPS) is 21.8. The number of nitro groups is 1. The van der Waals surface area contributed by atoms with E-state index >= 15 is 0 Å². The van der Waals surface area contributed by atoms with Crippen molar-refractivity contribution in [3.63, 3.8) is 0 Å². The van der Waals surface area contributed by atoms with Gasteiger partial charge in [-0.25, -0.2) is 0 Å². The van der Waals surface area contributed by atoms with Gasteiger partial charge in [-0.2, -0.15) is 0 Å². The van der Waals surface area contributed by atoms with E-state index in [0.717, 1.165) is 0 Å². The predicted molar refractivity (Wildman–Crippen MR) is 76.1 cm³/mol. The molecule has 0 bridgehead atoms. The molecule has 1 aromatic carbocycles. The summed E-state index contributed by atoms with van der Waals surface area (Å²) >= 11 is 0. The van der Waals surface area contributed by atoms with Crippen molar-refractivity contribution >= 4 is 12.8 Å². The van der Waals surface area contributed by atoms with Gasteiger partial charge in [0.25, 0.3) is 5.69 Å². The molecule has 0 aromatic heterocycles. The molecular formula is C13H19BN2O4. The van der Waals surface area contributed by atoms with Gasteiger partial charge in [0, 0.05) is 12.1 Å². The molecule has 1 heterocycles. The first-order valence-electron chi connectivity index (χ1n) is 6.50. The van der Waals surface area contributed by atoms with E-state index in [1.807, 2.05) is 27.7 Å². The maximum Gasteiger partial charge on any atom is 0.480 e. The number of hydrogen-bond donors (Lipinski definition) is 1. The van der Waals surface area contributed by atoms with E-state index in [1.54, 1.807) is 12.1 Å². The van der Waals surface area contributed by atoms with Crippen molar-refractivity contribution in [2.45, 2.75) is 44.8 Å². The van der Waals surface area contributed by atoms with Crippen LogP contribution in [0, 0.1) is 10.1 Å². The minimum Gasteiger partial charge on any atom is -0.402 e. The Labute approximate surface area is 118 Å². The Morgan fingerprint density at radius 1 is 1.25 bits per heavy atom. The molecule has 6 nitrogen and oxygen atoms in total. The average molecular weight is 278 g/mol. The first-order chi connectivity index (χ1) is 9.14. The van der Waals surface area contributed by atoms with Gasteiger partial charge in [0.2, 0.25) is 0 Å². The van der Waals surface area contributed by atoms with Gasteiger partial charge < -0.3 is 15.0 Å². The molecule has 7 heteroatoms. The Hall–Kier alpha value is -1.44. The summed E-state index contributed by atoms with van der Waals surface area (Å²) in [4.78, 5) is 10.4. The van der Waals surface area contributed by atoms with Gasteiger partial charge in [-0.15, -0.1) is 0 Å². The quantitative estimate of drug-likeness (QED) is 0.520. The van der Waals surface area contributed by atoms with Crippen molar-refractivity contribution < 1.29 is 14.2 Å². The molecule has 1 saturated heterocycles. The van der Waals surface area contributed by atoms with Crippen LogP contribution in [-0.2, 0) is 9.31 Å². The maximum atomic E-state index is 10.8. The highest BCUT2D eigenvalue weighted by Crippen LogP contribution is 2.39. The molecule has 1 aromatic rings. The minimum atomic E-state index is -0.623. The van der Waals surface area contributed by atoms with Crippen molar-refractivity contribution in [1.29, 1.82) is 0 Å². The summed E-state index contributed by atoms with van der Waals surface area (Å²) < 4.78 is 11.7. The van der Waals surface area contributed by atoms with Gasteiger partial charge in [0.1, 0.15) is 0 Å². The van der Waals surface area contributed by atoms with Crippen molar-refractivity contribution in [2.24, 2.45) is 5.73 Å². The Kier molecular flexibility index (Phi) is 3.62. The van der Waals surface area contributed by atoms with Gasteiger partial charge in [-0.3, -0.25) is 10.1 Å². The lowest BCUT2D eigenvalue weighted by Crippen LogP contribution is -2.41. The van der Waals surface area contributed by atoms with Crippen LogP contribution in [-0.4, -0.2) is 23.2 Å². The molecule has 1 aliphatic heterocycles. The summed E-state index contributed by atoms with van der Waals surface area (Å²) in [6.07, 6.45) is 0. The summed E-state index contributed by atoms with van der Waals surface area (Å²) in [6, 6.07) is 6.23. The Bertz CT molecular complexity index is 517. The van der Waals surface area contributed by atoms with Gasteiger partial charge >= 0.3 is 7.12 Å². The van der Waals surface area contributed by atoms with Crippen LogP contribution in [0.25, 0.3) is 0 Å². The topological polar surface area (TPSA) is 87.6 Å². The largest absolute Gasteiger partial charge is 0.480 e. The van der Waals surface area contributed by atoms with Crippen LogP contribution < -0.4 is 5.73 Å². The highest BCUT2D eigenvalue weighted by Gasteiger charge is 2.53. The van der Waals surface area contributed by atoms with E-state index in [2.05, 4.69) is 0 Å². The van der Waals surface area contributed by atoms with Crippen LogP contribution >= 0.6 is 0 Å². The second-order valence-electron chi connectivity index (χ2n) is 6.00. The fourth-order valence-corrected chi connectivity index (χ4v) is 2.04. The third kappa shape index (κ3) is 2.56. The van der Waals surface area contributed by atoms with Gasteiger partial charge in [-0.05, 0) is 33.3 Å². The third-order valence-electron chi connectivity index (χ3n) is 4.03. The molecule has 0 radical (unpaired) electrons. The number of nitrogens with zero attached hydrogens (tertiary/aromatic N) is 1. The van der Waals surface area contributed by atoms with Crippen molar-refractivity contribution in [3.05, 3.63) is 39.9 Å². The van der Waals surface area contributed by atoms with Crippen molar-refractivity contribution in [2.75, 3.05) is 0 Å². The second-order valence-corrected chi connectivity index (χ2v) is 6.00. The van der Waals surface area contributed by atoms with Crippen LogP contribution in [0.1, 0.15) is 39.2 Å². The van der Waals surface area contributed by atoms with Crippen LogP contribution in [0.2, 0.25) is 0 Å². The zero-order valence-corrected chi connectivity index (χ0v) is 12.1. The molecule has 108 valence electrons. The highest BCUT2D eigenvalue weighted by molar-refractivity contribution is 6.47. The summed E-state index contributed by atoms with van der Waals surface area (Å²) in [6.45, 7) is 7.75. The fourth-order valence-electron chi connectivity index (χ4n) is 2.04. The molecule has 0 amide bonds. The standard InChI is InChI=1S/C13H19BN2O4/c1-12(2)13(3,4)20-14(19-12)11(15)9-6-5-7-10(8-9)16(17)18/h5-8,11H,15H2,1-4H3. The number of hydrogen-bond acceptors (Lipinski definition) is 5. The lowest BCUT2D eigenvalue weighted by atomic mass is 9.75. The maximum absolute atomic E-state index is 10.8. The first-order valence-corrected chi connectivity index (χ1v) is 6.50. The zero-order valence-electron chi connectivity index (χ0n) is 12.1. The summed E-state index contributed by atoms with van der Waals surface area (Å²) in [5.74, 6) is -0.573. The number of nitrogens with two attached hydrogens (primary N) is 1. The predicted octanol–water partition coefficient (Wildman–Crippen LogP) is 2.23. The molecule has 2 rings (SSSR count). The molecular weight excluding hydrogens is 259 g/mol. The van der Waals surface area contributed by atoms with Crippen LogP contribution in [0.3, 0.4) is 0 Å². The van der Waals surface area contributed by atoms with E-state index in [4.69, 9.17) is 15.0 Å². The van der Waals surface area contributed by atoms with Crippen LogP contribution in [0.5, 0.6) is 0 Å². The third-order valence-corrected chi connectivity index (χ3v) is 4.03. The zero-order chi connectivity index (χ0) is 15.1. The molecule has 0 spiro atoms. The summed E-state index contributed by atoms with van der Waals surface area (Å²) in [7, 11) is -0.623. The Morgan fingerprint density at radius 2 is 1.80 bits per heavy atom. The van der Waals surface area contributed by atoms with E-state index < -0.39 is 29.2 Å². The summed E-state index contributed by atoms with van der Waals surface area (Å²) in [5, 5.41) is 10.8. The molecule has 1 unspecified atom stereocenters. The molecule has 1 aliphatic rings. The van der Waals surface area contributed by atoms with Gasteiger partial charge in [-0.1, -0.05) is 12.1 Å². The van der Waals surface area contributed by atoms with E-state index in [1.165, 1.54) is 12.1 Å². The van der Waals surface area contributed by atoms with Gasteiger partial charge in [0.15, 0.2) is 0 Å².